The van der Waals surface area contributed by atoms with Crippen molar-refractivity contribution in [2.24, 2.45) is 7.05 Å². The number of anilines is 1. The van der Waals surface area contributed by atoms with Gasteiger partial charge in [-0.2, -0.15) is 0 Å². The summed E-state index contributed by atoms with van der Waals surface area (Å²) in [5.74, 6) is -0.192. The van der Waals surface area contributed by atoms with Crippen LogP contribution in [0.3, 0.4) is 0 Å². The Hall–Kier alpha value is -3.68. The summed E-state index contributed by atoms with van der Waals surface area (Å²) < 4.78 is 7.97. The van der Waals surface area contributed by atoms with Crippen LogP contribution in [-0.4, -0.2) is 14.8 Å². The lowest BCUT2D eigenvalue weighted by Crippen LogP contribution is -2.27. The second-order valence-electron chi connectivity index (χ2n) is 8.30. The van der Waals surface area contributed by atoms with Crippen LogP contribution in [0.15, 0.2) is 80.8 Å². The average molecular weight is 483 g/mol. The van der Waals surface area contributed by atoms with Crippen molar-refractivity contribution in [1.82, 2.24) is 4.57 Å². The molecule has 1 amide bonds. The topological polar surface area (TPSA) is 55.5 Å². The Balaban J connectivity index is 1.40. The van der Waals surface area contributed by atoms with Gasteiger partial charge in [-0.3, -0.25) is 9.69 Å². The van der Waals surface area contributed by atoms with E-state index in [-0.39, 0.29) is 5.91 Å². The Morgan fingerprint density at radius 2 is 1.71 bits per heavy atom. The van der Waals surface area contributed by atoms with E-state index in [0.717, 1.165) is 27.4 Å². The number of aromatic nitrogens is 1. The second kappa shape index (κ2) is 7.68. The zero-order valence-corrected chi connectivity index (χ0v) is 20.0. The number of hydrogen-bond donors (Lipinski definition) is 0. The van der Waals surface area contributed by atoms with Gasteiger partial charge in [0.2, 0.25) is 0 Å². The van der Waals surface area contributed by atoms with Crippen LogP contribution in [0.25, 0.3) is 38.9 Å². The van der Waals surface area contributed by atoms with Crippen LogP contribution < -0.4 is 10.5 Å². The van der Waals surface area contributed by atoms with Gasteiger partial charge in [0.25, 0.3) is 5.91 Å². The Labute approximate surface area is 204 Å². The highest BCUT2D eigenvalue weighted by atomic mass is 32.2. The van der Waals surface area contributed by atoms with E-state index in [1.54, 1.807) is 6.07 Å². The van der Waals surface area contributed by atoms with E-state index in [2.05, 4.69) is 35.9 Å². The van der Waals surface area contributed by atoms with E-state index >= 15 is 0 Å². The molecule has 0 unspecified atom stereocenters. The number of carbonyl (C=O) groups is 1. The minimum atomic E-state index is -0.420. The van der Waals surface area contributed by atoms with Crippen LogP contribution in [0, 0.1) is 6.92 Å². The lowest BCUT2D eigenvalue weighted by Gasteiger charge is -2.15. The first kappa shape index (κ1) is 20.9. The molecule has 7 heteroatoms. The van der Waals surface area contributed by atoms with Crippen molar-refractivity contribution < 1.29 is 9.21 Å². The summed E-state index contributed by atoms with van der Waals surface area (Å²) in [5, 5.41) is 3.14. The van der Waals surface area contributed by atoms with Crippen LogP contribution in [0.4, 0.5) is 5.69 Å². The standard InChI is InChI=1S/C27H18N2O3S2/c1-15-11-25(30)32-23-14-17(8-9-18(15)23)29-26(31)24(34-27(29)33)13-16-7-10-22-20(12-16)19-5-3-4-6-21(19)28(22)2/h3-14H,1-2H3/b24-13-. The highest BCUT2D eigenvalue weighted by Crippen LogP contribution is 2.38. The largest absolute Gasteiger partial charge is 0.423 e. The monoisotopic (exact) mass is 482 g/mol. The van der Waals surface area contributed by atoms with Gasteiger partial charge in [0.1, 0.15) is 5.58 Å². The molecule has 3 heterocycles. The van der Waals surface area contributed by atoms with E-state index in [4.69, 9.17) is 16.6 Å². The zero-order valence-electron chi connectivity index (χ0n) is 18.4. The van der Waals surface area contributed by atoms with Crippen molar-refractivity contribution in [2.45, 2.75) is 6.92 Å². The molecule has 0 spiro atoms. The number of thioether (sulfide) groups is 1. The molecule has 5 aromatic rings. The van der Waals surface area contributed by atoms with E-state index in [1.807, 2.05) is 43.3 Å². The number of hydrogen-bond acceptors (Lipinski definition) is 5. The van der Waals surface area contributed by atoms with Crippen molar-refractivity contribution in [3.63, 3.8) is 0 Å². The molecule has 0 bridgehead atoms. The van der Waals surface area contributed by atoms with Gasteiger partial charge in [0, 0.05) is 46.4 Å². The molecule has 1 aliphatic heterocycles. The maximum Gasteiger partial charge on any atom is 0.336 e. The Bertz CT molecular complexity index is 1780. The molecule has 1 saturated heterocycles. The van der Waals surface area contributed by atoms with Crippen molar-refractivity contribution >= 4 is 78.7 Å². The number of nitrogens with zero attached hydrogens (tertiary/aromatic N) is 2. The van der Waals surface area contributed by atoms with Crippen LogP contribution in [0.2, 0.25) is 0 Å². The van der Waals surface area contributed by atoms with Crippen molar-refractivity contribution in [3.8, 4) is 0 Å². The third kappa shape index (κ3) is 3.20. The molecule has 34 heavy (non-hydrogen) atoms. The molecule has 3 aromatic carbocycles. The maximum absolute atomic E-state index is 13.3. The minimum Gasteiger partial charge on any atom is -0.423 e. The number of carbonyl (C=O) groups excluding carboxylic acids is 1. The molecular weight excluding hydrogens is 464 g/mol. The number of fused-ring (bicyclic) bond motifs is 4. The van der Waals surface area contributed by atoms with Gasteiger partial charge in [0.05, 0.1) is 10.6 Å². The number of aryl methyl sites for hydroxylation is 2. The van der Waals surface area contributed by atoms with Gasteiger partial charge < -0.3 is 8.98 Å². The summed E-state index contributed by atoms with van der Waals surface area (Å²) in [7, 11) is 2.06. The number of thiocarbonyl (C=S) groups is 1. The smallest absolute Gasteiger partial charge is 0.336 e. The molecular formula is C27H18N2O3S2. The zero-order chi connectivity index (χ0) is 23.6. The summed E-state index contributed by atoms with van der Waals surface area (Å²) in [4.78, 5) is 27.2. The Morgan fingerprint density at radius 1 is 0.912 bits per heavy atom. The molecule has 2 aromatic heterocycles. The number of rotatable bonds is 2. The first-order chi connectivity index (χ1) is 16.4. The number of benzene rings is 3. The van der Waals surface area contributed by atoms with E-state index in [0.29, 0.717) is 20.5 Å². The minimum absolute atomic E-state index is 0.192. The van der Waals surface area contributed by atoms with E-state index in [9.17, 15) is 9.59 Å². The lowest BCUT2D eigenvalue weighted by molar-refractivity contribution is -0.113. The third-order valence-corrected chi connectivity index (χ3v) is 7.52. The normalized spacial score (nSPS) is 15.5. The predicted octanol–water partition coefficient (Wildman–Crippen LogP) is 6.15. The summed E-state index contributed by atoms with van der Waals surface area (Å²) in [5.41, 5.74) is 4.66. The van der Waals surface area contributed by atoms with E-state index < -0.39 is 5.63 Å². The molecule has 6 rings (SSSR count). The predicted molar refractivity (Wildman–Crippen MR) is 143 cm³/mol. The number of amides is 1. The third-order valence-electron chi connectivity index (χ3n) is 6.22. The summed E-state index contributed by atoms with van der Waals surface area (Å²) in [6.07, 6.45) is 1.88. The molecule has 0 N–H and O–H groups in total. The lowest BCUT2D eigenvalue weighted by atomic mass is 10.1. The fourth-order valence-corrected chi connectivity index (χ4v) is 5.87. The van der Waals surface area contributed by atoms with Crippen molar-refractivity contribution in [1.29, 1.82) is 0 Å². The van der Waals surface area contributed by atoms with Crippen molar-refractivity contribution in [3.05, 3.63) is 93.2 Å². The van der Waals surface area contributed by atoms with Crippen molar-refractivity contribution in [2.75, 3.05) is 4.90 Å². The van der Waals surface area contributed by atoms with Gasteiger partial charge >= 0.3 is 5.63 Å². The molecule has 5 nitrogen and oxygen atoms in total. The summed E-state index contributed by atoms with van der Waals surface area (Å²) in [6.45, 7) is 1.86. The quantitative estimate of drug-likeness (QED) is 0.172. The van der Waals surface area contributed by atoms with Crippen LogP contribution >= 0.6 is 24.0 Å². The fraction of sp³-hybridized carbons (Fsp3) is 0.0741. The van der Waals surface area contributed by atoms with Crippen LogP contribution in [0.5, 0.6) is 0 Å². The van der Waals surface area contributed by atoms with Crippen LogP contribution in [-0.2, 0) is 11.8 Å². The molecule has 0 atom stereocenters. The first-order valence-corrected chi connectivity index (χ1v) is 11.9. The molecule has 166 valence electrons. The van der Waals surface area contributed by atoms with Gasteiger partial charge in [-0.25, -0.2) is 4.79 Å². The molecule has 1 fully saturated rings. The molecule has 0 radical (unpaired) electrons. The Kier molecular flexibility index (Phi) is 4.72. The molecule has 1 aliphatic rings. The molecule has 0 aliphatic carbocycles. The Morgan fingerprint density at radius 3 is 2.56 bits per heavy atom. The first-order valence-electron chi connectivity index (χ1n) is 10.7. The fourth-order valence-electron chi connectivity index (χ4n) is 4.57. The van der Waals surface area contributed by atoms with Gasteiger partial charge in [0.15, 0.2) is 4.32 Å². The summed E-state index contributed by atoms with van der Waals surface area (Å²) >= 11 is 6.81. The highest BCUT2D eigenvalue weighted by molar-refractivity contribution is 8.27. The van der Waals surface area contributed by atoms with Gasteiger partial charge in [-0.05, 0) is 54.5 Å². The van der Waals surface area contributed by atoms with Crippen LogP contribution in [0.1, 0.15) is 11.1 Å². The highest BCUT2D eigenvalue weighted by Gasteiger charge is 2.33. The SMILES string of the molecule is Cc1cc(=O)oc2cc(N3C(=O)/C(=C/c4ccc5c(c4)c4ccccc4n5C)SC3=S)ccc12. The maximum atomic E-state index is 13.3. The van der Waals surface area contributed by atoms with Gasteiger partial charge in [-0.15, -0.1) is 0 Å². The molecule has 0 saturated carbocycles. The van der Waals surface area contributed by atoms with E-state index in [1.165, 1.54) is 33.6 Å². The van der Waals surface area contributed by atoms with Gasteiger partial charge in [-0.1, -0.05) is 48.2 Å². The second-order valence-corrected chi connectivity index (χ2v) is 9.97. The average Bonchev–Trinajstić information content (AvgIpc) is 3.26. The summed E-state index contributed by atoms with van der Waals surface area (Å²) in [6, 6.07) is 21.3. The number of para-hydroxylation sites is 1.